The second-order valence-electron chi connectivity index (χ2n) is 5.85. The first kappa shape index (κ1) is 16.0. The highest BCUT2D eigenvalue weighted by atomic mass is 16.5. The fourth-order valence-corrected chi connectivity index (χ4v) is 3.10. The zero-order valence-electron chi connectivity index (χ0n) is 13.8. The zero-order valence-corrected chi connectivity index (χ0v) is 13.8. The van der Waals surface area contributed by atoms with Gasteiger partial charge in [0.1, 0.15) is 0 Å². The monoisotopic (exact) mass is 311 g/mol. The van der Waals surface area contributed by atoms with Crippen LogP contribution in [0.1, 0.15) is 18.6 Å². The molecule has 0 spiro atoms. The van der Waals surface area contributed by atoms with Gasteiger partial charge in [-0.3, -0.25) is 9.88 Å². The summed E-state index contributed by atoms with van der Waals surface area (Å²) in [5.74, 6) is 0. The molecule has 0 saturated carbocycles. The van der Waals surface area contributed by atoms with Crippen LogP contribution in [-0.2, 0) is 4.74 Å². The summed E-state index contributed by atoms with van der Waals surface area (Å²) in [5.41, 5.74) is 2.54. The highest BCUT2D eigenvalue weighted by Crippen LogP contribution is 2.21. The molecule has 1 unspecified atom stereocenters. The molecule has 4 heteroatoms. The quantitative estimate of drug-likeness (QED) is 0.820. The first-order valence-electron chi connectivity index (χ1n) is 8.40. The molecule has 2 heterocycles. The number of rotatable bonds is 6. The van der Waals surface area contributed by atoms with Crippen molar-refractivity contribution >= 4 is 5.69 Å². The van der Waals surface area contributed by atoms with Crippen LogP contribution < -0.4 is 4.90 Å². The van der Waals surface area contributed by atoms with Crippen LogP contribution in [0.4, 0.5) is 5.69 Å². The number of anilines is 1. The first-order valence-corrected chi connectivity index (χ1v) is 8.40. The summed E-state index contributed by atoms with van der Waals surface area (Å²) in [6, 6.07) is 14.7. The van der Waals surface area contributed by atoms with E-state index in [1.54, 1.807) is 0 Å². The Morgan fingerprint density at radius 2 is 1.70 bits per heavy atom. The lowest BCUT2D eigenvalue weighted by Gasteiger charge is -2.37. The van der Waals surface area contributed by atoms with Crippen molar-refractivity contribution in [2.45, 2.75) is 13.0 Å². The molecule has 0 aliphatic carbocycles. The maximum atomic E-state index is 5.98. The lowest BCUT2D eigenvalue weighted by molar-refractivity contribution is 0.0311. The molecule has 0 amide bonds. The van der Waals surface area contributed by atoms with E-state index < -0.39 is 0 Å². The first-order chi connectivity index (χ1) is 11.4. The average Bonchev–Trinajstić information content (AvgIpc) is 2.63. The van der Waals surface area contributed by atoms with Crippen LogP contribution in [0.2, 0.25) is 0 Å². The molecular formula is C19H25N3O. The van der Waals surface area contributed by atoms with Gasteiger partial charge in [-0.05, 0) is 24.6 Å². The Labute approximate surface area is 138 Å². The average molecular weight is 311 g/mol. The van der Waals surface area contributed by atoms with E-state index in [-0.39, 0.29) is 6.10 Å². The van der Waals surface area contributed by atoms with Gasteiger partial charge in [0.2, 0.25) is 0 Å². The van der Waals surface area contributed by atoms with Crippen molar-refractivity contribution in [3.63, 3.8) is 0 Å². The summed E-state index contributed by atoms with van der Waals surface area (Å²) in [7, 11) is 0. The highest BCUT2D eigenvalue weighted by molar-refractivity contribution is 5.44. The molecule has 23 heavy (non-hydrogen) atoms. The van der Waals surface area contributed by atoms with Gasteiger partial charge in [-0.15, -0.1) is 0 Å². The number of piperazine rings is 1. The van der Waals surface area contributed by atoms with Gasteiger partial charge in [0, 0.05) is 57.4 Å². The van der Waals surface area contributed by atoms with Crippen molar-refractivity contribution in [3.8, 4) is 0 Å². The highest BCUT2D eigenvalue weighted by Gasteiger charge is 2.21. The lowest BCUT2D eigenvalue weighted by atomic mass is 10.1. The third-order valence-electron chi connectivity index (χ3n) is 4.36. The van der Waals surface area contributed by atoms with Gasteiger partial charge in [0.15, 0.2) is 0 Å². The van der Waals surface area contributed by atoms with Crippen LogP contribution in [0, 0.1) is 0 Å². The molecule has 1 saturated heterocycles. The van der Waals surface area contributed by atoms with Crippen LogP contribution in [0.5, 0.6) is 0 Å². The topological polar surface area (TPSA) is 28.6 Å². The number of benzene rings is 1. The molecule has 4 nitrogen and oxygen atoms in total. The molecule has 0 N–H and O–H groups in total. The standard InChI is InChI=1S/C19H25N3O/c1-2-23-19(17-6-4-3-5-7-17)16-21-12-14-22(15-13-21)18-8-10-20-11-9-18/h3-11,19H,2,12-16H2,1H3. The molecule has 2 aromatic rings. The van der Waals surface area contributed by atoms with Crippen molar-refractivity contribution < 1.29 is 4.74 Å². The Balaban J connectivity index is 1.56. The summed E-state index contributed by atoms with van der Waals surface area (Å²) in [4.78, 5) is 9.03. The number of ether oxygens (including phenoxy) is 1. The Morgan fingerprint density at radius 1 is 1.00 bits per heavy atom. The van der Waals surface area contributed by atoms with Gasteiger partial charge < -0.3 is 9.64 Å². The number of aromatic nitrogens is 1. The van der Waals surface area contributed by atoms with Gasteiger partial charge in [0.25, 0.3) is 0 Å². The van der Waals surface area contributed by atoms with Crippen molar-refractivity contribution in [1.29, 1.82) is 0 Å². The molecule has 1 aromatic heterocycles. The summed E-state index contributed by atoms with van der Waals surface area (Å²) in [5, 5.41) is 0. The number of hydrogen-bond acceptors (Lipinski definition) is 4. The molecule has 122 valence electrons. The van der Waals surface area contributed by atoms with Gasteiger partial charge in [-0.2, -0.15) is 0 Å². The normalized spacial score (nSPS) is 17.2. The van der Waals surface area contributed by atoms with Crippen molar-refractivity contribution in [2.24, 2.45) is 0 Å². The Hall–Kier alpha value is -1.91. The van der Waals surface area contributed by atoms with E-state index in [4.69, 9.17) is 4.74 Å². The third kappa shape index (κ3) is 4.30. The minimum atomic E-state index is 0.161. The van der Waals surface area contributed by atoms with Crippen LogP contribution in [0.15, 0.2) is 54.9 Å². The minimum absolute atomic E-state index is 0.161. The second-order valence-corrected chi connectivity index (χ2v) is 5.85. The van der Waals surface area contributed by atoms with Gasteiger partial charge in [-0.25, -0.2) is 0 Å². The predicted molar refractivity (Wildman–Crippen MR) is 93.7 cm³/mol. The molecular weight excluding hydrogens is 286 g/mol. The number of nitrogens with zero attached hydrogens (tertiary/aromatic N) is 3. The van der Waals surface area contributed by atoms with Crippen LogP contribution in [0.3, 0.4) is 0 Å². The predicted octanol–water partition coefficient (Wildman–Crippen LogP) is 2.98. The van der Waals surface area contributed by atoms with Crippen LogP contribution >= 0.6 is 0 Å². The largest absolute Gasteiger partial charge is 0.372 e. The van der Waals surface area contributed by atoms with Gasteiger partial charge in [0.05, 0.1) is 6.10 Å². The third-order valence-corrected chi connectivity index (χ3v) is 4.36. The minimum Gasteiger partial charge on any atom is -0.372 e. The van der Waals surface area contributed by atoms with Gasteiger partial charge in [-0.1, -0.05) is 30.3 Å². The van der Waals surface area contributed by atoms with Gasteiger partial charge >= 0.3 is 0 Å². The second kappa shape index (κ2) is 8.09. The van der Waals surface area contributed by atoms with E-state index in [1.165, 1.54) is 11.3 Å². The molecule has 1 fully saturated rings. The fourth-order valence-electron chi connectivity index (χ4n) is 3.10. The molecule has 3 rings (SSSR count). The van der Waals surface area contributed by atoms with Crippen molar-refractivity contribution in [1.82, 2.24) is 9.88 Å². The molecule has 0 radical (unpaired) electrons. The summed E-state index contributed by atoms with van der Waals surface area (Å²) >= 11 is 0. The Bertz CT molecular complexity index is 568. The van der Waals surface area contributed by atoms with E-state index in [1.807, 2.05) is 12.4 Å². The number of hydrogen-bond donors (Lipinski definition) is 0. The maximum absolute atomic E-state index is 5.98. The van der Waals surface area contributed by atoms with E-state index >= 15 is 0 Å². The number of pyridine rings is 1. The molecule has 1 aromatic carbocycles. The van der Waals surface area contributed by atoms with E-state index in [9.17, 15) is 0 Å². The SMILES string of the molecule is CCOC(CN1CCN(c2ccncc2)CC1)c1ccccc1. The lowest BCUT2D eigenvalue weighted by Crippen LogP contribution is -2.47. The Kier molecular flexibility index (Phi) is 5.61. The molecule has 1 aliphatic heterocycles. The fraction of sp³-hybridized carbons (Fsp3) is 0.421. The van der Waals surface area contributed by atoms with Crippen LogP contribution in [0.25, 0.3) is 0 Å². The summed E-state index contributed by atoms with van der Waals surface area (Å²) in [6.45, 7) is 8.02. The smallest absolute Gasteiger partial charge is 0.0951 e. The van der Waals surface area contributed by atoms with Crippen LogP contribution in [-0.4, -0.2) is 49.2 Å². The molecule has 1 aliphatic rings. The van der Waals surface area contributed by atoms with Crippen molar-refractivity contribution in [3.05, 3.63) is 60.4 Å². The Morgan fingerprint density at radius 3 is 2.35 bits per heavy atom. The van der Waals surface area contributed by atoms with Crippen molar-refractivity contribution in [2.75, 3.05) is 44.2 Å². The maximum Gasteiger partial charge on any atom is 0.0951 e. The zero-order chi connectivity index (χ0) is 15.9. The van der Waals surface area contributed by atoms with E-state index in [0.717, 1.165) is 39.3 Å². The van der Waals surface area contributed by atoms with E-state index in [0.29, 0.717) is 0 Å². The summed E-state index contributed by atoms with van der Waals surface area (Å²) in [6.07, 6.45) is 3.89. The van der Waals surface area contributed by atoms with E-state index in [2.05, 4.69) is 64.2 Å². The molecule has 1 atom stereocenters. The molecule has 0 bridgehead atoms. The summed E-state index contributed by atoms with van der Waals surface area (Å²) < 4.78 is 5.98.